The SMILES string of the molecule is NC(=O)CCC(NC(=O)C(CCCN=C(N)N)NC(=O)C(N)Cc1ccc(O)cc1)C(=O)NC(CC(N)=O)C(=O)O. The topological polar surface area (TPSA) is 321 Å². The number of guanidine groups is 1. The van der Waals surface area contributed by atoms with Gasteiger partial charge < -0.3 is 54.8 Å². The predicted molar refractivity (Wildman–Crippen MR) is 145 cm³/mol. The first-order chi connectivity index (χ1) is 19.2. The molecule has 0 aliphatic rings. The Morgan fingerprint density at radius 1 is 0.780 bits per heavy atom. The van der Waals surface area contributed by atoms with Crippen molar-refractivity contribution in [3.8, 4) is 5.75 Å². The van der Waals surface area contributed by atoms with Crippen molar-refractivity contribution in [2.24, 2.45) is 33.7 Å². The molecule has 0 heterocycles. The van der Waals surface area contributed by atoms with Crippen LogP contribution in [0.3, 0.4) is 0 Å². The molecule has 0 fully saturated rings. The number of aliphatic imine (C=N–C) groups is 1. The van der Waals surface area contributed by atoms with Crippen molar-refractivity contribution in [1.29, 1.82) is 0 Å². The van der Waals surface area contributed by atoms with Crippen LogP contribution in [0.1, 0.15) is 37.7 Å². The lowest BCUT2D eigenvalue weighted by atomic mass is 10.0. The van der Waals surface area contributed by atoms with E-state index in [0.717, 1.165) is 0 Å². The number of benzene rings is 1. The number of phenols is 1. The van der Waals surface area contributed by atoms with E-state index in [1.165, 1.54) is 12.1 Å². The van der Waals surface area contributed by atoms with E-state index in [1.807, 2.05) is 0 Å². The molecule has 0 bridgehead atoms. The summed E-state index contributed by atoms with van der Waals surface area (Å²) in [6.45, 7) is 0.112. The maximum Gasteiger partial charge on any atom is 0.326 e. The molecule has 0 spiro atoms. The van der Waals surface area contributed by atoms with Gasteiger partial charge in [0.2, 0.25) is 29.5 Å². The zero-order valence-electron chi connectivity index (χ0n) is 22.2. The Bertz CT molecular complexity index is 1120. The summed E-state index contributed by atoms with van der Waals surface area (Å²) in [4.78, 5) is 76.7. The molecule has 226 valence electrons. The van der Waals surface area contributed by atoms with Crippen LogP contribution in [0.5, 0.6) is 5.75 Å². The Morgan fingerprint density at radius 3 is 1.83 bits per heavy atom. The molecule has 0 aliphatic heterocycles. The molecule has 0 saturated heterocycles. The van der Waals surface area contributed by atoms with Crippen LogP contribution in [0.4, 0.5) is 0 Å². The lowest BCUT2D eigenvalue weighted by Gasteiger charge is -2.25. The normalized spacial score (nSPS) is 13.5. The lowest BCUT2D eigenvalue weighted by molar-refractivity contribution is -0.144. The van der Waals surface area contributed by atoms with E-state index in [0.29, 0.717) is 5.56 Å². The molecule has 17 nitrogen and oxygen atoms in total. The van der Waals surface area contributed by atoms with Gasteiger partial charge >= 0.3 is 5.97 Å². The second kappa shape index (κ2) is 16.9. The number of carbonyl (C=O) groups is 6. The molecule has 4 atom stereocenters. The molecule has 1 rings (SSSR count). The maximum atomic E-state index is 13.2. The molecule has 0 aromatic heterocycles. The van der Waals surface area contributed by atoms with Crippen molar-refractivity contribution in [2.75, 3.05) is 6.54 Å². The average molecular weight is 580 g/mol. The molecule has 15 N–H and O–H groups in total. The van der Waals surface area contributed by atoms with E-state index in [-0.39, 0.29) is 50.4 Å². The Balaban J connectivity index is 3.08. The standard InChI is InChI=1S/C24H37N9O8/c25-14(10-12-3-5-13(34)6-4-12)20(37)31-15(2-1-9-30-24(28)29)21(38)32-16(7-8-18(26)35)22(39)33-17(23(40)41)11-19(27)36/h3-6,14-17,34H,1-2,7-11,25H2,(H2,26,35)(H2,27,36)(H,31,37)(H,32,38)(H,33,39)(H,40,41)(H4,28,29,30). The second-order valence-electron chi connectivity index (χ2n) is 9.12. The van der Waals surface area contributed by atoms with Crippen molar-refractivity contribution in [3.63, 3.8) is 0 Å². The third-order valence-electron chi connectivity index (χ3n) is 5.64. The smallest absolute Gasteiger partial charge is 0.326 e. The van der Waals surface area contributed by atoms with Gasteiger partial charge in [-0.25, -0.2) is 4.79 Å². The van der Waals surface area contributed by atoms with Crippen molar-refractivity contribution in [2.45, 2.75) is 62.7 Å². The van der Waals surface area contributed by atoms with Gasteiger partial charge in [-0.3, -0.25) is 29.0 Å². The van der Waals surface area contributed by atoms with Crippen LogP contribution < -0.4 is 44.6 Å². The number of rotatable bonds is 18. The van der Waals surface area contributed by atoms with Gasteiger partial charge in [0, 0.05) is 13.0 Å². The van der Waals surface area contributed by atoms with E-state index >= 15 is 0 Å². The number of hydrogen-bond donors (Lipinski definition) is 10. The summed E-state index contributed by atoms with van der Waals surface area (Å²) >= 11 is 0. The Morgan fingerprint density at radius 2 is 1.32 bits per heavy atom. The lowest BCUT2D eigenvalue weighted by Crippen LogP contribution is -2.57. The molecule has 17 heteroatoms. The van der Waals surface area contributed by atoms with Crippen LogP contribution in [0, 0.1) is 0 Å². The summed E-state index contributed by atoms with van der Waals surface area (Å²) in [6, 6.07) is 0.511. The number of amides is 5. The van der Waals surface area contributed by atoms with Crippen LogP contribution >= 0.6 is 0 Å². The number of aromatic hydroxyl groups is 1. The van der Waals surface area contributed by atoms with Crippen LogP contribution in [-0.4, -0.2) is 82.4 Å². The van der Waals surface area contributed by atoms with Gasteiger partial charge in [0.25, 0.3) is 0 Å². The number of nitrogens with one attached hydrogen (secondary N) is 3. The van der Waals surface area contributed by atoms with Crippen LogP contribution in [0.25, 0.3) is 0 Å². The predicted octanol–water partition coefficient (Wildman–Crippen LogP) is -4.00. The summed E-state index contributed by atoms with van der Waals surface area (Å²) in [5.74, 6) is -6.08. The van der Waals surface area contributed by atoms with Crippen molar-refractivity contribution in [3.05, 3.63) is 29.8 Å². The molecule has 41 heavy (non-hydrogen) atoms. The number of nitrogens with two attached hydrogens (primary N) is 5. The van der Waals surface area contributed by atoms with Gasteiger partial charge in [-0.1, -0.05) is 12.1 Å². The third-order valence-corrected chi connectivity index (χ3v) is 5.64. The summed E-state index contributed by atoms with van der Waals surface area (Å²) in [5, 5.41) is 25.7. The fourth-order valence-corrected chi connectivity index (χ4v) is 3.53. The van der Waals surface area contributed by atoms with Crippen molar-refractivity contribution in [1.82, 2.24) is 16.0 Å². The van der Waals surface area contributed by atoms with Gasteiger partial charge in [0.15, 0.2) is 5.96 Å². The quantitative estimate of drug-likeness (QED) is 0.0453. The highest BCUT2D eigenvalue weighted by Gasteiger charge is 2.31. The second-order valence-corrected chi connectivity index (χ2v) is 9.12. The summed E-state index contributed by atoms with van der Waals surface area (Å²) in [6.07, 6.45) is -1.09. The molecular formula is C24H37N9O8. The van der Waals surface area contributed by atoms with Crippen LogP contribution in [0.2, 0.25) is 0 Å². The number of nitrogens with zero attached hydrogens (tertiary/aromatic N) is 1. The Hall–Kier alpha value is -4.93. The highest BCUT2D eigenvalue weighted by atomic mass is 16.4. The number of hydrogen-bond acceptors (Lipinski definition) is 9. The number of aliphatic carboxylic acids is 1. The molecule has 1 aromatic rings. The minimum atomic E-state index is -1.69. The van der Waals surface area contributed by atoms with Gasteiger partial charge in [-0.15, -0.1) is 0 Å². The van der Waals surface area contributed by atoms with E-state index in [1.54, 1.807) is 12.1 Å². The first-order valence-electron chi connectivity index (χ1n) is 12.5. The zero-order chi connectivity index (χ0) is 31.1. The average Bonchev–Trinajstić information content (AvgIpc) is 2.88. The molecular weight excluding hydrogens is 542 g/mol. The number of phenolic OH excluding ortho intramolecular Hbond substituents is 1. The monoisotopic (exact) mass is 579 g/mol. The fraction of sp³-hybridized carbons (Fsp3) is 0.458. The Labute approximate surface area is 235 Å². The molecule has 0 saturated carbocycles. The number of carboxylic acids is 1. The Kier molecular flexibility index (Phi) is 14.1. The molecule has 1 aromatic carbocycles. The summed E-state index contributed by atoms with van der Waals surface area (Å²) in [5.41, 5.74) is 27.5. The summed E-state index contributed by atoms with van der Waals surface area (Å²) in [7, 11) is 0. The highest BCUT2D eigenvalue weighted by Crippen LogP contribution is 2.11. The molecule has 5 amide bonds. The third kappa shape index (κ3) is 13.6. The van der Waals surface area contributed by atoms with Gasteiger partial charge in [-0.05, 0) is 43.4 Å². The van der Waals surface area contributed by atoms with Crippen molar-refractivity contribution < 1.29 is 39.0 Å². The number of carboxylic acid groups (broad SMARTS) is 1. The molecule has 0 aliphatic carbocycles. The molecule has 0 radical (unpaired) electrons. The first kappa shape index (κ1) is 34.1. The van der Waals surface area contributed by atoms with Crippen molar-refractivity contribution >= 4 is 41.5 Å². The van der Waals surface area contributed by atoms with Gasteiger partial charge in [0.05, 0.1) is 12.5 Å². The van der Waals surface area contributed by atoms with E-state index in [2.05, 4.69) is 20.9 Å². The maximum absolute atomic E-state index is 13.2. The fourth-order valence-electron chi connectivity index (χ4n) is 3.53. The van der Waals surface area contributed by atoms with E-state index in [9.17, 15) is 39.0 Å². The minimum absolute atomic E-state index is 0.00384. The first-order valence-corrected chi connectivity index (χ1v) is 12.5. The number of primary amides is 2. The van der Waals surface area contributed by atoms with Crippen LogP contribution in [-0.2, 0) is 35.2 Å². The van der Waals surface area contributed by atoms with Gasteiger partial charge in [0.1, 0.15) is 23.9 Å². The van der Waals surface area contributed by atoms with E-state index in [4.69, 9.17) is 28.7 Å². The van der Waals surface area contributed by atoms with Crippen LogP contribution in [0.15, 0.2) is 29.3 Å². The van der Waals surface area contributed by atoms with Gasteiger partial charge in [-0.2, -0.15) is 0 Å². The highest BCUT2D eigenvalue weighted by molar-refractivity contribution is 5.95. The largest absolute Gasteiger partial charge is 0.508 e. The minimum Gasteiger partial charge on any atom is -0.508 e. The zero-order valence-corrected chi connectivity index (χ0v) is 22.2. The molecule has 4 unspecified atom stereocenters. The number of carbonyl (C=O) groups excluding carboxylic acids is 5. The summed E-state index contributed by atoms with van der Waals surface area (Å²) < 4.78 is 0. The van der Waals surface area contributed by atoms with E-state index < -0.39 is 66.1 Å².